The van der Waals surface area contributed by atoms with Crippen LogP contribution in [0.1, 0.15) is 52.7 Å². The highest BCUT2D eigenvalue weighted by Gasteiger charge is 2.13. The van der Waals surface area contributed by atoms with Crippen molar-refractivity contribution in [3.05, 3.63) is 94.0 Å². The fourth-order valence-electron chi connectivity index (χ4n) is 3.82. The third-order valence-electron chi connectivity index (χ3n) is 5.81. The van der Waals surface area contributed by atoms with Gasteiger partial charge >= 0.3 is 5.97 Å². The van der Waals surface area contributed by atoms with Crippen LogP contribution in [0.2, 0.25) is 5.02 Å². The molecule has 0 saturated carbocycles. The van der Waals surface area contributed by atoms with Gasteiger partial charge in [0.2, 0.25) is 5.91 Å². The summed E-state index contributed by atoms with van der Waals surface area (Å²) in [5.74, 6) is 0.171. The summed E-state index contributed by atoms with van der Waals surface area (Å²) in [5, 5.41) is 3.09. The van der Waals surface area contributed by atoms with Crippen LogP contribution >= 0.6 is 11.6 Å². The van der Waals surface area contributed by atoms with Gasteiger partial charge in [-0.15, -0.1) is 0 Å². The van der Waals surface area contributed by atoms with E-state index in [-0.39, 0.29) is 16.5 Å². The molecule has 35 heavy (non-hydrogen) atoms. The highest BCUT2D eigenvalue weighted by molar-refractivity contribution is 6.33. The van der Waals surface area contributed by atoms with Crippen LogP contribution in [0.3, 0.4) is 0 Å². The van der Waals surface area contributed by atoms with Gasteiger partial charge in [0.25, 0.3) is 0 Å². The Morgan fingerprint density at radius 2 is 1.71 bits per heavy atom. The summed E-state index contributed by atoms with van der Waals surface area (Å²) in [4.78, 5) is 24.2. The SMILES string of the molecule is COC(=O)c1cc(NC(=O)CCc2ccc(OCCCCCc3ccccc3)cc2C)ccc1Cl. The summed E-state index contributed by atoms with van der Waals surface area (Å²) in [6.07, 6.45) is 5.35. The van der Waals surface area contributed by atoms with E-state index in [0.29, 0.717) is 25.1 Å². The van der Waals surface area contributed by atoms with Crippen LogP contribution in [-0.4, -0.2) is 25.6 Å². The average molecular weight is 494 g/mol. The molecule has 0 saturated heterocycles. The molecule has 3 rings (SSSR count). The molecular formula is C29H32ClNO4. The molecule has 0 aliphatic carbocycles. The maximum atomic E-state index is 12.4. The van der Waals surface area contributed by atoms with Gasteiger partial charge in [-0.05, 0) is 86.1 Å². The molecule has 5 nitrogen and oxygen atoms in total. The molecule has 0 fully saturated rings. The largest absolute Gasteiger partial charge is 0.494 e. The van der Waals surface area contributed by atoms with E-state index in [9.17, 15) is 9.59 Å². The van der Waals surface area contributed by atoms with Crippen LogP contribution in [0.25, 0.3) is 0 Å². The molecule has 0 bridgehead atoms. The molecule has 0 aliphatic heterocycles. The number of unbranched alkanes of at least 4 members (excludes halogenated alkanes) is 2. The topological polar surface area (TPSA) is 64.6 Å². The fraction of sp³-hybridized carbons (Fsp3) is 0.310. The van der Waals surface area contributed by atoms with Crippen molar-refractivity contribution in [1.29, 1.82) is 0 Å². The standard InChI is InChI=1S/C29H32ClNO4/c1-21-19-25(35-18-8-4-7-11-22-9-5-3-6-10-22)15-12-23(21)13-17-28(32)31-24-14-16-27(30)26(20-24)29(33)34-2/h3,5-6,9-10,12,14-16,19-20H,4,7-8,11,13,17-18H2,1-2H3,(H,31,32). The van der Waals surface area contributed by atoms with Gasteiger partial charge in [-0.3, -0.25) is 4.79 Å². The minimum atomic E-state index is -0.545. The van der Waals surface area contributed by atoms with Gasteiger partial charge in [0, 0.05) is 12.1 Å². The normalized spacial score (nSPS) is 10.6. The fourth-order valence-corrected chi connectivity index (χ4v) is 4.02. The molecule has 6 heteroatoms. The minimum absolute atomic E-state index is 0.140. The Labute approximate surface area is 212 Å². The number of halogens is 1. The number of ether oxygens (including phenoxy) is 2. The molecule has 184 valence electrons. The van der Waals surface area contributed by atoms with Crippen molar-refractivity contribution in [2.24, 2.45) is 0 Å². The number of rotatable bonds is 12. The van der Waals surface area contributed by atoms with Gasteiger partial charge in [-0.1, -0.05) is 48.0 Å². The van der Waals surface area contributed by atoms with Gasteiger partial charge in [-0.2, -0.15) is 0 Å². The number of hydrogen-bond acceptors (Lipinski definition) is 4. The number of nitrogens with one attached hydrogen (secondary N) is 1. The Balaban J connectivity index is 1.40. The third kappa shape index (κ3) is 8.45. The van der Waals surface area contributed by atoms with Gasteiger partial charge in [0.1, 0.15) is 5.75 Å². The first-order chi connectivity index (χ1) is 17.0. The molecule has 0 heterocycles. The molecule has 3 aromatic rings. The first-order valence-electron chi connectivity index (χ1n) is 11.9. The predicted molar refractivity (Wildman–Crippen MR) is 140 cm³/mol. The van der Waals surface area contributed by atoms with Crippen molar-refractivity contribution in [3.63, 3.8) is 0 Å². The number of methoxy groups -OCH3 is 1. The molecule has 0 aromatic heterocycles. The third-order valence-corrected chi connectivity index (χ3v) is 6.14. The lowest BCUT2D eigenvalue weighted by molar-refractivity contribution is -0.116. The zero-order valence-electron chi connectivity index (χ0n) is 20.3. The van der Waals surface area contributed by atoms with Crippen LogP contribution in [0.4, 0.5) is 5.69 Å². The van der Waals surface area contributed by atoms with Gasteiger partial charge < -0.3 is 14.8 Å². The zero-order chi connectivity index (χ0) is 25.0. The van der Waals surface area contributed by atoms with Crippen LogP contribution in [0.5, 0.6) is 5.75 Å². The number of aryl methyl sites for hydroxylation is 3. The van der Waals surface area contributed by atoms with E-state index in [0.717, 1.165) is 42.6 Å². The Morgan fingerprint density at radius 1 is 0.914 bits per heavy atom. The monoisotopic (exact) mass is 493 g/mol. The number of esters is 1. The maximum absolute atomic E-state index is 12.4. The molecule has 0 unspecified atom stereocenters. The maximum Gasteiger partial charge on any atom is 0.339 e. The van der Waals surface area contributed by atoms with Crippen molar-refractivity contribution < 1.29 is 19.1 Å². The molecular weight excluding hydrogens is 462 g/mol. The number of carbonyl (C=O) groups excluding carboxylic acids is 2. The van der Waals surface area contributed by atoms with E-state index in [1.807, 2.05) is 31.2 Å². The van der Waals surface area contributed by atoms with E-state index >= 15 is 0 Å². The van der Waals surface area contributed by atoms with Crippen molar-refractivity contribution >= 4 is 29.2 Å². The lowest BCUT2D eigenvalue weighted by Crippen LogP contribution is -2.13. The number of benzene rings is 3. The summed E-state index contributed by atoms with van der Waals surface area (Å²) in [6.45, 7) is 2.73. The highest BCUT2D eigenvalue weighted by Crippen LogP contribution is 2.22. The first kappa shape index (κ1) is 26.3. The smallest absolute Gasteiger partial charge is 0.339 e. The zero-order valence-corrected chi connectivity index (χ0v) is 21.1. The van der Waals surface area contributed by atoms with E-state index in [1.165, 1.54) is 18.7 Å². The molecule has 0 atom stereocenters. The second kappa shape index (κ2) is 13.5. The van der Waals surface area contributed by atoms with Crippen LogP contribution in [0, 0.1) is 6.92 Å². The van der Waals surface area contributed by atoms with Gasteiger partial charge in [-0.25, -0.2) is 4.79 Å². The van der Waals surface area contributed by atoms with Crippen molar-refractivity contribution in [2.75, 3.05) is 19.0 Å². The van der Waals surface area contributed by atoms with E-state index in [1.54, 1.807) is 12.1 Å². The lowest BCUT2D eigenvalue weighted by Gasteiger charge is -2.11. The molecule has 0 aliphatic rings. The molecule has 0 radical (unpaired) electrons. The molecule has 1 N–H and O–H groups in total. The van der Waals surface area contributed by atoms with Gasteiger partial charge in [0.15, 0.2) is 0 Å². The minimum Gasteiger partial charge on any atom is -0.494 e. The summed E-state index contributed by atoms with van der Waals surface area (Å²) in [5.41, 5.74) is 4.30. The summed E-state index contributed by atoms with van der Waals surface area (Å²) >= 11 is 6.03. The van der Waals surface area contributed by atoms with E-state index < -0.39 is 5.97 Å². The Bertz CT molecular complexity index is 1130. The quantitative estimate of drug-likeness (QED) is 0.222. The Hall–Kier alpha value is -3.31. The number of amides is 1. The van der Waals surface area contributed by atoms with Crippen molar-refractivity contribution in [1.82, 2.24) is 0 Å². The lowest BCUT2D eigenvalue weighted by atomic mass is 10.0. The summed E-state index contributed by atoms with van der Waals surface area (Å²) < 4.78 is 10.6. The molecule has 1 amide bonds. The summed E-state index contributed by atoms with van der Waals surface area (Å²) in [6, 6.07) is 21.3. The van der Waals surface area contributed by atoms with Crippen LogP contribution in [0.15, 0.2) is 66.7 Å². The second-order valence-electron chi connectivity index (χ2n) is 8.47. The van der Waals surface area contributed by atoms with E-state index in [4.69, 9.17) is 21.1 Å². The van der Waals surface area contributed by atoms with E-state index in [2.05, 4.69) is 29.6 Å². The van der Waals surface area contributed by atoms with Crippen molar-refractivity contribution in [2.45, 2.75) is 45.4 Å². The predicted octanol–water partition coefficient (Wildman–Crippen LogP) is 6.80. The van der Waals surface area contributed by atoms with Crippen LogP contribution < -0.4 is 10.1 Å². The number of anilines is 1. The summed E-state index contributed by atoms with van der Waals surface area (Å²) in [7, 11) is 1.29. The van der Waals surface area contributed by atoms with Gasteiger partial charge in [0.05, 0.1) is 24.3 Å². The number of hydrogen-bond donors (Lipinski definition) is 1. The number of carbonyl (C=O) groups is 2. The Morgan fingerprint density at radius 3 is 2.46 bits per heavy atom. The van der Waals surface area contributed by atoms with Crippen molar-refractivity contribution in [3.8, 4) is 5.75 Å². The molecule has 3 aromatic carbocycles. The first-order valence-corrected chi connectivity index (χ1v) is 12.3. The van der Waals surface area contributed by atoms with Crippen LogP contribution in [-0.2, 0) is 22.4 Å². The second-order valence-corrected chi connectivity index (χ2v) is 8.87. The molecule has 0 spiro atoms. The average Bonchev–Trinajstić information content (AvgIpc) is 2.87. The Kier molecular flexibility index (Phi) is 10.2. The highest BCUT2D eigenvalue weighted by atomic mass is 35.5.